The van der Waals surface area contributed by atoms with Gasteiger partial charge in [-0.2, -0.15) is 5.10 Å². The quantitative estimate of drug-likeness (QED) is 0.659. The Morgan fingerprint density at radius 3 is 2.19 bits per heavy atom. The third-order valence-electron chi connectivity index (χ3n) is 3.40. The van der Waals surface area contributed by atoms with Crippen LogP contribution in [-0.4, -0.2) is 34.6 Å². The topological polar surface area (TPSA) is 109 Å². The number of aromatic carboxylic acids is 1. The number of nitrogens with zero attached hydrogens (tertiary/aromatic N) is 4. The zero-order valence-electron chi connectivity index (χ0n) is 12.8. The van der Waals surface area contributed by atoms with Crippen LogP contribution >= 0.6 is 0 Å². The van der Waals surface area contributed by atoms with Gasteiger partial charge in [-0.1, -0.05) is 0 Å². The molecule has 0 aliphatic carbocycles. The van der Waals surface area contributed by atoms with Crippen molar-refractivity contribution in [3.05, 3.63) is 66.3 Å². The first-order chi connectivity index (χ1) is 12.4. The van der Waals surface area contributed by atoms with Crippen molar-refractivity contribution < 1.29 is 27.4 Å². The van der Waals surface area contributed by atoms with Gasteiger partial charge in [-0.15, -0.1) is 0 Å². The normalized spacial score (nSPS) is 12.0. The second-order valence-corrected chi connectivity index (χ2v) is 5.80. The van der Waals surface area contributed by atoms with Gasteiger partial charge in [0.15, 0.2) is 0 Å². The van der Waals surface area contributed by atoms with Gasteiger partial charge in [0.1, 0.15) is 29.9 Å². The van der Waals surface area contributed by atoms with Crippen molar-refractivity contribution in [2.24, 2.45) is 0 Å². The standard InChI is InChI=1S/C15H10F2N4O4S/c16-12-5-11(6-13(17)14(12)15(22)23)21(26(24)25)10-3-1-9(2-4-10)20-8-18-7-19-20/h1-8H,(H,22,23)(H,24,25). The van der Waals surface area contributed by atoms with E-state index in [4.69, 9.17) is 5.11 Å². The van der Waals surface area contributed by atoms with Crippen LogP contribution < -0.4 is 4.31 Å². The molecule has 0 saturated carbocycles. The first-order valence-electron chi connectivity index (χ1n) is 6.97. The molecule has 0 fully saturated rings. The van der Waals surface area contributed by atoms with E-state index in [1.54, 1.807) is 12.1 Å². The van der Waals surface area contributed by atoms with Crippen LogP contribution in [0, 0.1) is 11.6 Å². The molecule has 0 aliphatic rings. The van der Waals surface area contributed by atoms with Gasteiger partial charge < -0.3 is 5.11 Å². The van der Waals surface area contributed by atoms with Crippen LogP contribution in [-0.2, 0) is 11.3 Å². The van der Waals surface area contributed by atoms with E-state index in [-0.39, 0.29) is 11.4 Å². The number of carboxylic acid groups (broad SMARTS) is 1. The summed E-state index contributed by atoms with van der Waals surface area (Å²) in [5, 5.41) is 12.7. The second kappa shape index (κ2) is 6.98. The van der Waals surface area contributed by atoms with Gasteiger partial charge in [0.25, 0.3) is 11.3 Å². The van der Waals surface area contributed by atoms with Crippen molar-refractivity contribution in [1.82, 2.24) is 14.8 Å². The van der Waals surface area contributed by atoms with E-state index in [2.05, 4.69) is 10.1 Å². The molecular formula is C15H10F2N4O4S. The fraction of sp³-hybridized carbons (Fsp3) is 0. The molecule has 8 nitrogen and oxygen atoms in total. The summed E-state index contributed by atoms with van der Waals surface area (Å²) in [5.74, 6) is -4.50. The van der Waals surface area contributed by atoms with Crippen molar-refractivity contribution in [2.45, 2.75) is 0 Å². The van der Waals surface area contributed by atoms with E-state index in [0.29, 0.717) is 17.8 Å². The Labute approximate surface area is 147 Å². The molecule has 2 aromatic carbocycles. The first kappa shape index (κ1) is 17.6. The molecule has 0 bridgehead atoms. The van der Waals surface area contributed by atoms with Gasteiger partial charge in [0, 0.05) is 0 Å². The van der Waals surface area contributed by atoms with Gasteiger partial charge in [-0.3, -0.25) is 4.55 Å². The number of halogens is 2. The van der Waals surface area contributed by atoms with Crippen LogP contribution in [0.25, 0.3) is 5.69 Å². The van der Waals surface area contributed by atoms with Gasteiger partial charge in [0.2, 0.25) is 0 Å². The largest absolute Gasteiger partial charge is 0.477 e. The lowest BCUT2D eigenvalue weighted by atomic mass is 10.1. The van der Waals surface area contributed by atoms with Crippen LogP contribution in [0.3, 0.4) is 0 Å². The fourth-order valence-corrected chi connectivity index (χ4v) is 2.88. The van der Waals surface area contributed by atoms with Crippen molar-refractivity contribution in [2.75, 3.05) is 4.31 Å². The first-order valence-corrected chi connectivity index (χ1v) is 8.03. The van der Waals surface area contributed by atoms with E-state index in [1.807, 2.05) is 0 Å². The molecule has 0 radical (unpaired) electrons. The van der Waals surface area contributed by atoms with Crippen LogP contribution in [0.15, 0.2) is 49.1 Å². The minimum Gasteiger partial charge on any atom is -0.477 e. The predicted octanol–water partition coefficient (Wildman–Crippen LogP) is 2.52. The lowest BCUT2D eigenvalue weighted by molar-refractivity contribution is 0.0686. The Kier molecular flexibility index (Phi) is 4.73. The summed E-state index contributed by atoms with van der Waals surface area (Å²) < 4.78 is 51.2. The molecule has 0 saturated heterocycles. The maximum atomic E-state index is 13.9. The van der Waals surface area contributed by atoms with Crippen LogP contribution in [0.2, 0.25) is 0 Å². The zero-order chi connectivity index (χ0) is 18.8. The highest BCUT2D eigenvalue weighted by atomic mass is 32.2. The number of aromatic nitrogens is 3. The van der Waals surface area contributed by atoms with Gasteiger partial charge >= 0.3 is 5.97 Å². The van der Waals surface area contributed by atoms with Crippen molar-refractivity contribution >= 4 is 28.6 Å². The summed E-state index contributed by atoms with van der Waals surface area (Å²) in [6.07, 6.45) is 2.78. The van der Waals surface area contributed by atoms with Crippen molar-refractivity contribution in [1.29, 1.82) is 0 Å². The Hall–Kier alpha value is -3.18. The molecule has 3 rings (SSSR count). The lowest BCUT2D eigenvalue weighted by Gasteiger charge is -2.21. The monoisotopic (exact) mass is 380 g/mol. The maximum absolute atomic E-state index is 13.9. The van der Waals surface area contributed by atoms with Crippen molar-refractivity contribution in [3.63, 3.8) is 0 Å². The highest BCUT2D eigenvalue weighted by Gasteiger charge is 2.23. The molecule has 26 heavy (non-hydrogen) atoms. The number of anilines is 2. The van der Waals surface area contributed by atoms with E-state index < -0.39 is 34.4 Å². The minimum atomic E-state index is -2.66. The smallest absolute Gasteiger partial charge is 0.341 e. The number of carbonyl (C=O) groups is 1. The molecule has 2 N–H and O–H groups in total. The molecule has 1 aromatic heterocycles. The Morgan fingerprint density at radius 2 is 1.73 bits per heavy atom. The molecule has 0 amide bonds. The summed E-state index contributed by atoms with van der Waals surface area (Å²) >= 11 is -2.66. The molecule has 3 aromatic rings. The van der Waals surface area contributed by atoms with Gasteiger partial charge in [0.05, 0.1) is 17.1 Å². The lowest BCUT2D eigenvalue weighted by Crippen LogP contribution is -2.20. The van der Waals surface area contributed by atoms with E-state index in [1.165, 1.54) is 29.5 Å². The number of hydrogen-bond acceptors (Lipinski definition) is 4. The fourth-order valence-electron chi connectivity index (χ4n) is 2.29. The van der Waals surface area contributed by atoms with Crippen LogP contribution in [0.4, 0.5) is 20.2 Å². The Bertz CT molecular complexity index is 957. The van der Waals surface area contributed by atoms with E-state index >= 15 is 0 Å². The number of benzene rings is 2. The number of hydrogen-bond donors (Lipinski definition) is 2. The molecule has 1 heterocycles. The Balaban J connectivity index is 2.03. The molecular weight excluding hydrogens is 370 g/mol. The Morgan fingerprint density at radius 1 is 1.12 bits per heavy atom. The third kappa shape index (κ3) is 3.30. The average Bonchev–Trinajstić information content (AvgIpc) is 3.09. The zero-order valence-corrected chi connectivity index (χ0v) is 13.6. The highest BCUT2D eigenvalue weighted by Crippen LogP contribution is 2.30. The summed E-state index contributed by atoms with van der Waals surface area (Å²) in [5.41, 5.74) is -0.705. The maximum Gasteiger partial charge on any atom is 0.341 e. The highest BCUT2D eigenvalue weighted by molar-refractivity contribution is 7.81. The summed E-state index contributed by atoms with van der Waals surface area (Å²) in [7, 11) is 0. The minimum absolute atomic E-state index is 0.150. The summed E-state index contributed by atoms with van der Waals surface area (Å²) in [4.78, 5) is 14.7. The SMILES string of the molecule is O=C(O)c1c(F)cc(N(c2ccc(-n3cncn3)cc2)S(=O)O)cc1F. The molecule has 1 atom stereocenters. The molecule has 134 valence electrons. The molecule has 0 aliphatic heterocycles. The van der Waals surface area contributed by atoms with Crippen LogP contribution in [0.1, 0.15) is 10.4 Å². The summed E-state index contributed by atoms with van der Waals surface area (Å²) in [6, 6.07) is 7.33. The van der Waals surface area contributed by atoms with Crippen molar-refractivity contribution in [3.8, 4) is 5.69 Å². The predicted molar refractivity (Wildman–Crippen MR) is 87.6 cm³/mol. The molecule has 11 heteroatoms. The average molecular weight is 380 g/mol. The number of rotatable bonds is 5. The van der Waals surface area contributed by atoms with Crippen LogP contribution in [0.5, 0.6) is 0 Å². The second-order valence-electron chi connectivity index (χ2n) is 4.97. The van der Waals surface area contributed by atoms with Gasteiger partial charge in [-0.25, -0.2) is 31.8 Å². The van der Waals surface area contributed by atoms with E-state index in [0.717, 1.165) is 4.31 Å². The molecule has 1 unspecified atom stereocenters. The third-order valence-corrected chi connectivity index (χ3v) is 4.13. The van der Waals surface area contributed by atoms with E-state index in [9.17, 15) is 22.3 Å². The number of carboxylic acids is 1. The molecule has 0 spiro atoms. The summed E-state index contributed by atoms with van der Waals surface area (Å²) in [6.45, 7) is 0. The van der Waals surface area contributed by atoms with Gasteiger partial charge in [-0.05, 0) is 36.4 Å².